The molecule has 0 fully saturated rings. The van der Waals surface area contributed by atoms with Gasteiger partial charge in [0, 0.05) is 30.5 Å². The second kappa shape index (κ2) is 9.12. The van der Waals surface area contributed by atoms with E-state index in [1.807, 2.05) is 0 Å². The third kappa shape index (κ3) is 5.63. The van der Waals surface area contributed by atoms with Gasteiger partial charge in [-0.3, -0.25) is 9.48 Å². The molecular formula is C17H16Cl3N5O2. The number of aromatic nitrogens is 4. The molecule has 0 saturated carbocycles. The highest BCUT2D eigenvalue weighted by Crippen LogP contribution is 2.27. The SMILES string of the molecule is O=C(NCCCn1cc(Cl)cn1)c1ccn(COc2ccc(Cl)cc2Cl)n1. The van der Waals surface area contributed by atoms with Crippen molar-refractivity contribution in [3.05, 3.63) is 63.6 Å². The summed E-state index contributed by atoms with van der Waals surface area (Å²) >= 11 is 17.7. The van der Waals surface area contributed by atoms with Gasteiger partial charge in [0.15, 0.2) is 6.73 Å². The number of aryl methyl sites for hydroxylation is 1. The lowest BCUT2D eigenvalue weighted by Gasteiger charge is -2.08. The Morgan fingerprint density at radius 1 is 1.15 bits per heavy atom. The Bertz CT molecular complexity index is 925. The molecule has 0 saturated heterocycles. The van der Waals surface area contributed by atoms with Gasteiger partial charge >= 0.3 is 0 Å². The van der Waals surface area contributed by atoms with Crippen molar-refractivity contribution in [2.75, 3.05) is 6.54 Å². The lowest BCUT2D eigenvalue weighted by atomic mass is 10.3. The fraction of sp³-hybridized carbons (Fsp3) is 0.235. The fourth-order valence-corrected chi connectivity index (χ4v) is 2.90. The molecule has 1 N–H and O–H groups in total. The van der Waals surface area contributed by atoms with E-state index in [0.29, 0.717) is 39.6 Å². The lowest BCUT2D eigenvalue weighted by molar-refractivity contribution is 0.0945. The van der Waals surface area contributed by atoms with Gasteiger partial charge in [-0.25, -0.2) is 4.68 Å². The number of ether oxygens (including phenoxy) is 1. The average molecular weight is 429 g/mol. The fourth-order valence-electron chi connectivity index (χ4n) is 2.28. The molecule has 27 heavy (non-hydrogen) atoms. The van der Waals surface area contributed by atoms with Crippen LogP contribution in [0.2, 0.25) is 15.1 Å². The zero-order valence-corrected chi connectivity index (χ0v) is 16.4. The van der Waals surface area contributed by atoms with Crippen LogP contribution in [0.1, 0.15) is 16.9 Å². The van der Waals surface area contributed by atoms with E-state index < -0.39 is 0 Å². The minimum absolute atomic E-state index is 0.120. The summed E-state index contributed by atoms with van der Waals surface area (Å²) in [4.78, 5) is 12.1. The van der Waals surface area contributed by atoms with Crippen LogP contribution in [-0.4, -0.2) is 32.0 Å². The Morgan fingerprint density at radius 2 is 2.00 bits per heavy atom. The Balaban J connectivity index is 1.44. The number of carbonyl (C=O) groups is 1. The highest BCUT2D eigenvalue weighted by Gasteiger charge is 2.10. The molecule has 142 valence electrons. The van der Waals surface area contributed by atoms with E-state index in [-0.39, 0.29) is 12.6 Å². The number of amides is 1. The van der Waals surface area contributed by atoms with Crippen LogP contribution in [0.4, 0.5) is 0 Å². The molecule has 0 bridgehead atoms. The third-order valence-corrected chi connectivity index (χ3v) is 4.30. The molecule has 0 unspecified atom stereocenters. The molecule has 10 heteroatoms. The van der Waals surface area contributed by atoms with E-state index in [0.717, 1.165) is 6.42 Å². The normalized spacial score (nSPS) is 10.8. The van der Waals surface area contributed by atoms with Crippen molar-refractivity contribution in [3.63, 3.8) is 0 Å². The number of halogens is 3. The summed E-state index contributed by atoms with van der Waals surface area (Å²) in [5, 5.41) is 12.6. The van der Waals surface area contributed by atoms with Crippen LogP contribution < -0.4 is 10.1 Å². The van der Waals surface area contributed by atoms with Crippen LogP contribution in [0.3, 0.4) is 0 Å². The summed E-state index contributed by atoms with van der Waals surface area (Å²) in [6.45, 7) is 1.28. The first-order chi connectivity index (χ1) is 13.0. The van der Waals surface area contributed by atoms with Gasteiger partial charge in [-0.2, -0.15) is 10.2 Å². The van der Waals surface area contributed by atoms with Gasteiger partial charge < -0.3 is 10.1 Å². The van der Waals surface area contributed by atoms with E-state index in [9.17, 15) is 4.79 Å². The number of carbonyl (C=O) groups excluding carboxylic acids is 1. The van der Waals surface area contributed by atoms with Gasteiger partial charge in [0.05, 0.1) is 16.2 Å². The van der Waals surface area contributed by atoms with Crippen molar-refractivity contribution in [3.8, 4) is 5.75 Å². The molecule has 2 heterocycles. The Morgan fingerprint density at radius 3 is 2.74 bits per heavy atom. The van der Waals surface area contributed by atoms with Gasteiger partial charge in [-0.15, -0.1) is 0 Å². The predicted octanol–water partition coefficient (Wildman–Crippen LogP) is 3.90. The predicted molar refractivity (Wildman–Crippen MR) is 104 cm³/mol. The van der Waals surface area contributed by atoms with Crippen LogP contribution in [0.15, 0.2) is 42.9 Å². The highest BCUT2D eigenvalue weighted by molar-refractivity contribution is 6.35. The summed E-state index contributed by atoms with van der Waals surface area (Å²) in [7, 11) is 0. The summed E-state index contributed by atoms with van der Waals surface area (Å²) in [6.07, 6.45) is 5.69. The van der Waals surface area contributed by atoms with Gasteiger partial charge in [0.2, 0.25) is 0 Å². The van der Waals surface area contributed by atoms with Crippen LogP contribution >= 0.6 is 34.8 Å². The van der Waals surface area contributed by atoms with Crippen molar-refractivity contribution < 1.29 is 9.53 Å². The zero-order valence-electron chi connectivity index (χ0n) is 14.1. The molecule has 3 aromatic rings. The molecule has 0 atom stereocenters. The van der Waals surface area contributed by atoms with Crippen molar-refractivity contribution in [1.82, 2.24) is 24.9 Å². The van der Waals surface area contributed by atoms with Crippen LogP contribution in [0, 0.1) is 0 Å². The number of nitrogens with zero attached hydrogens (tertiary/aromatic N) is 4. The minimum Gasteiger partial charge on any atom is -0.470 e. The molecule has 0 radical (unpaired) electrons. The number of nitrogens with one attached hydrogen (secondary N) is 1. The van der Waals surface area contributed by atoms with Crippen molar-refractivity contribution in [2.45, 2.75) is 19.7 Å². The van der Waals surface area contributed by atoms with E-state index in [1.54, 1.807) is 47.5 Å². The first kappa shape index (κ1) is 19.5. The van der Waals surface area contributed by atoms with Crippen LogP contribution in [0.25, 0.3) is 0 Å². The number of hydrogen-bond donors (Lipinski definition) is 1. The molecule has 0 aliphatic rings. The second-order valence-corrected chi connectivity index (χ2v) is 6.90. The van der Waals surface area contributed by atoms with Gasteiger partial charge in [0.25, 0.3) is 5.91 Å². The zero-order chi connectivity index (χ0) is 19.2. The lowest BCUT2D eigenvalue weighted by Crippen LogP contribution is -2.26. The molecule has 1 amide bonds. The quantitative estimate of drug-likeness (QED) is 0.552. The number of rotatable bonds is 8. The molecule has 1 aromatic carbocycles. The maximum absolute atomic E-state index is 12.1. The Hall–Kier alpha value is -2.22. The van der Waals surface area contributed by atoms with E-state index in [2.05, 4.69) is 15.5 Å². The Labute approximate surface area is 170 Å². The van der Waals surface area contributed by atoms with Crippen LogP contribution in [0.5, 0.6) is 5.75 Å². The summed E-state index contributed by atoms with van der Waals surface area (Å²) < 4.78 is 8.81. The monoisotopic (exact) mass is 427 g/mol. The molecule has 0 aliphatic heterocycles. The maximum Gasteiger partial charge on any atom is 0.271 e. The van der Waals surface area contributed by atoms with Crippen molar-refractivity contribution in [2.24, 2.45) is 0 Å². The van der Waals surface area contributed by atoms with Gasteiger partial charge in [0.1, 0.15) is 11.4 Å². The summed E-state index contributed by atoms with van der Waals surface area (Å²) in [6, 6.07) is 6.57. The number of hydrogen-bond acceptors (Lipinski definition) is 4. The maximum atomic E-state index is 12.1. The second-order valence-electron chi connectivity index (χ2n) is 5.62. The van der Waals surface area contributed by atoms with Gasteiger partial charge in [-0.1, -0.05) is 34.8 Å². The standard InChI is InChI=1S/C17H16Cl3N5O2/c18-12-2-3-16(14(20)8-12)27-11-25-7-4-15(23-25)17(26)21-5-1-6-24-10-13(19)9-22-24/h2-4,7-10H,1,5-6,11H2,(H,21,26). The Kier molecular flexibility index (Phi) is 6.60. The van der Waals surface area contributed by atoms with E-state index >= 15 is 0 Å². The molecule has 0 aliphatic carbocycles. The number of benzene rings is 1. The van der Waals surface area contributed by atoms with Crippen molar-refractivity contribution >= 4 is 40.7 Å². The largest absolute Gasteiger partial charge is 0.470 e. The topological polar surface area (TPSA) is 74.0 Å². The molecule has 0 spiro atoms. The third-order valence-electron chi connectivity index (χ3n) is 3.57. The smallest absolute Gasteiger partial charge is 0.271 e. The summed E-state index contributed by atoms with van der Waals surface area (Å²) in [5.74, 6) is 0.234. The van der Waals surface area contributed by atoms with E-state index in [1.165, 1.54) is 4.68 Å². The van der Waals surface area contributed by atoms with E-state index in [4.69, 9.17) is 39.5 Å². The molecule has 7 nitrogen and oxygen atoms in total. The van der Waals surface area contributed by atoms with Crippen molar-refractivity contribution in [1.29, 1.82) is 0 Å². The molecule has 2 aromatic heterocycles. The first-order valence-electron chi connectivity index (χ1n) is 8.09. The summed E-state index contributed by atoms with van der Waals surface area (Å²) in [5.41, 5.74) is 0.308. The van der Waals surface area contributed by atoms with Crippen LogP contribution in [-0.2, 0) is 13.3 Å². The first-order valence-corrected chi connectivity index (χ1v) is 9.22. The average Bonchev–Trinajstić information content (AvgIpc) is 3.27. The molecule has 3 rings (SSSR count). The molecular weight excluding hydrogens is 413 g/mol. The highest BCUT2D eigenvalue weighted by atomic mass is 35.5. The minimum atomic E-state index is -0.253. The van der Waals surface area contributed by atoms with Gasteiger partial charge in [-0.05, 0) is 30.7 Å².